The van der Waals surface area contributed by atoms with Crippen LogP contribution >= 0.6 is 11.8 Å². The van der Waals surface area contributed by atoms with E-state index in [1.54, 1.807) is 0 Å². The van der Waals surface area contributed by atoms with Crippen LogP contribution in [0, 0.1) is 27.3 Å². The molecule has 9 heavy (non-hydrogen) atoms. The van der Waals surface area contributed by atoms with E-state index in [2.05, 4.69) is 11.2 Å². The van der Waals surface area contributed by atoms with Gasteiger partial charge in [-0.05, 0) is 26.0 Å². The van der Waals surface area contributed by atoms with Crippen LogP contribution in [0.3, 0.4) is 0 Å². The Morgan fingerprint density at radius 3 is 2.22 bits per heavy atom. The Bertz CT molecular complexity index is 172. The molecule has 0 spiro atoms. The molecule has 1 nitrogen and oxygen atoms in total. The monoisotopic (exact) mass is 139 g/mol. The number of thioether (sulfide) groups is 1. The van der Waals surface area contributed by atoms with Gasteiger partial charge in [0.1, 0.15) is 5.40 Å². The van der Waals surface area contributed by atoms with E-state index in [-0.39, 0.29) is 5.41 Å². The predicted molar refractivity (Wildman–Crippen MR) is 40.4 cm³/mol. The van der Waals surface area contributed by atoms with Crippen LogP contribution in [-0.2, 0) is 0 Å². The van der Waals surface area contributed by atoms with Gasteiger partial charge in [0.25, 0.3) is 0 Å². The summed E-state index contributed by atoms with van der Waals surface area (Å²) in [4.78, 5) is 0. The average Bonchev–Trinajstić information content (AvgIpc) is 1.63. The Hall–Kier alpha value is -0.600. The van der Waals surface area contributed by atoms with Crippen LogP contribution in [0.2, 0.25) is 0 Å². The van der Waals surface area contributed by atoms with Crippen molar-refractivity contribution in [3.63, 3.8) is 0 Å². The quantitative estimate of drug-likeness (QED) is 0.379. The van der Waals surface area contributed by atoms with Crippen LogP contribution in [0.1, 0.15) is 20.8 Å². The smallest absolute Gasteiger partial charge is 0.147 e. The Labute approximate surface area is 60.4 Å². The Morgan fingerprint density at radius 1 is 1.33 bits per heavy atom. The lowest BCUT2D eigenvalue weighted by Gasteiger charge is -2.05. The maximum Gasteiger partial charge on any atom is 0.147 e. The molecule has 0 saturated carbocycles. The molecule has 0 aliphatic rings. The zero-order chi connectivity index (χ0) is 7.33. The molecule has 0 atom stereocenters. The fourth-order valence-electron chi connectivity index (χ4n) is 0.201. The van der Waals surface area contributed by atoms with Crippen molar-refractivity contribution in [1.82, 2.24) is 0 Å². The van der Waals surface area contributed by atoms with Crippen LogP contribution in [0.4, 0.5) is 0 Å². The molecule has 2 heteroatoms. The summed E-state index contributed by atoms with van der Waals surface area (Å²) in [5.41, 5.74) is 0.0177. The zero-order valence-corrected chi connectivity index (χ0v) is 6.67. The summed E-state index contributed by atoms with van der Waals surface area (Å²) in [6.45, 7) is 6.04. The SMILES string of the molecule is CC(C)(C)C#CSC#N. The molecule has 0 saturated heterocycles. The minimum atomic E-state index is 0.0177. The van der Waals surface area contributed by atoms with E-state index in [9.17, 15) is 0 Å². The molecule has 0 bridgehead atoms. The van der Waals surface area contributed by atoms with Gasteiger partial charge < -0.3 is 0 Å². The van der Waals surface area contributed by atoms with Gasteiger partial charge in [-0.3, -0.25) is 0 Å². The van der Waals surface area contributed by atoms with E-state index in [0.717, 1.165) is 11.8 Å². The minimum absolute atomic E-state index is 0.0177. The third kappa shape index (κ3) is 7.40. The Morgan fingerprint density at radius 2 is 1.89 bits per heavy atom. The molecule has 0 aliphatic carbocycles. The summed E-state index contributed by atoms with van der Waals surface area (Å²) < 4.78 is 0. The minimum Gasteiger partial charge on any atom is -0.184 e. The normalized spacial score (nSPS) is 9.11. The second-order valence-electron chi connectivity index (χ2n) is 2.67. The summed E-state index contributed by atoms with van der Waals surface area (Å²) in [6, 6.07) is 0. The van der Waals surface area contributed by atoms with Gasteiger partial charge in [-0.25, -0.2) is 0 Å². The van der Waals surface area contributed by atoms with Crippen molar-refractivity contribution in [2.75, 3.05) is 0 Å². The van der Waals surface area contributed by atoms with Gasteiger partial charge in [-0.15, -0.1) is 0 Å². The lowest BCUT2D eigenvalue weighted by atomic mass is 9.99. The maximum absolute atomic E-state index is 8.07. The first-order valence-corrected chi connectivity index (χ1v) is 3.45. The fraction of sp³-hybridized carbons (Fsp3) is 0.571. The highest BCUT2D eigenvalue weighted by molar-refractivity contribution is 8.08. The standard InChI is InChI=1S/C7H9NS/c1-7(2,3)4-5-9-6-8/h1-3H3. The summed E-state index contributed by atoms with van der Waals surface area (Å²) >= 11 is 0.979. The van der Waals surface area contributed by atoms with E-state index in [1.165, 1.54) is 0 Å². The van der Waals surface area contributed by atoms with Crippen molar-refractivity contribution >= 4 is 11.8 Å². The second-order valence-corrected chi connectivity index (χ2v) is 3.26. The van der Waals surface area contributed by atoms with Crippen LogP contribution in [0.25, 0.3) is 0 Å². The molecule has 0 amide bonds. The van der Waals surface area contributed by atoms with Crippen LogP contribution in [-0.4, -0.2) is 0 Å². The molecule has 48 valence electrons. The van der Waals surface area contributed by atoms with Crippen LogP contribution in [0.15, 0.2) is 0 Å². The van der Waals surface area contributed by atoms with E-state index in [0.29, 0.717) is 0 Å². The van der Waals surface area contributed by atoms with Gasteiger partial charge in [0.2, 0.25) is 0 Å². The van der Waals surface area contributed by atoms with Gasteiger partial charge in [-0.1, -0.05) is 5.92 Å². The molecule has 0 radical (unpaired) electrons. The summed E-state index contributed by atoms with van der Waals surface area (Å²) in [5.74, 6) is 2.91. The number of hydrogen-bond donors (Lipinski definition) is 0. The molecule has 0 aliphatic heterocycles. The molecule has 0 N–H and O–H groups in total. The van der Waals surface area contributed by atoms with E-state index < -0.39 is 0 Å². The molecule has 0 heterocycles. The van der Waals surface area contributed by atoms with Gasteiger partial charge in [-0.2, -0.15) is 5.26 Å². The van der Waals surface area contributed by atoms with Crippen molar-refractivity contribution in [3.8, 4) is 16.6 Å². The Balaban J connectivity index is 3.77. The van der Waals surface area contributed by atoms with Crippen molar-refractivity contribution in [3.05, 3.63) is 0 Å². The zero-order valence-electron chi connectivity index (χ0n) is 5.86. The van der Waals surface area contributed by atoms with Crippen molar-refractivity contribution in [2.45, 2.75) is 20.8 Å². The van der Waals surface area contributed by atoms with Gasteiger partial charge >= 0.3 is 0 Å². The number of hydrogen-bond acceptors (Lipinski definition) is 2. The molecule has 0 aromatic heterocycles. The molecule has 0 rings (SSSR count). The van der Waals surface area contributed by atoms with Crippen molar-refractivity contribution < 1.29 is 0 Å². The lowest BCUT2D eigenvalue weighted by molar-refractivity contribution is 0.571. The number of nitriles is 1. The molecule has 0 unspecified atom stereocenters. The molecule has 0 fully saturated rings. The number of thiocyanates is 1. The van der Waals surface area contributed by atoms with Gasteiger partial charge in [0.15, 0.2) is 0 Å². The van der Waals surface area contributed by atoms with Crippen molar-refractivity contribution in [1.29, 1.82) is 5.26 Å². The second kappa shape index (κ2) is 3.43. The molecule has 0 aromatic rings. The molecular formula is C7H9NS. The Kier molecular flexibility index (Phi) is 3.20. The first-order chi connectivity index (χ1) is 4.06. The maximum atomic E-state index is 8.07. The summed E-state index contributed by atoms with van der Waals surface area (Å²) in [5, 5.41) is 12.6. The van der Waals surface area contributed by atoms with E-state index >= 15 is 0 Å². The third-order valence-corrected chi connectivity index (χ3v) is 0.818. The van der Waals surface area contributed by atoms with Gasteiger partial charge in [0, 0.05) is 17.2 Å². The largest absolute Gasteiger partial charge is 0.184 e. The average molecular weight is 139 g/mol. The summed E-state index contributed by atoms with van der Waals surface area (Å²) in [6.07, 6.45) is 0. The highest BCUT2D eigenvalue weighted by Crippen LogP contribution is 2.10. The first-order valence-electron chi connectivity index (χ1n) is 2.63. The number of nitrogens with zero attached hydrogens (tertiary/aromatic N) is 1. The lowest BCUT2D eigenvalue weighted by Crippen LogP contribution is -1.98. The highest BCUT2D eigenvalue weighted by Gasteiger charge is 2.02. The first kappa shape index (κ1) is 8.40. The molecular weight excluding hydrogens is 130 g/mol. The van der Waals surface area contributed by atoms with Crippen LogP contribution < -0.4 is 0 Å². The van der Waals surface area contributed by atoms with E-state index in [1.807, 2.05) is 26.2 Å². The molecule has 0 aromatic carbocycles. The fourth-order valence-corrected chi connectivity index (χ4v) is 0.604. The summed E-state index contributed by atoms with van der Waals surface area (Å²) in [7, 11) is 0. The topological polar surface area (TPSA) is 23.8 Å². The van der Waals surface area contributed by atoms with E-state index in [4.69, 9.17) is 5.26 Å². The number of rotatable bonds is 0. The van der Waals surface area contributed by atoms with Crippen molar-refractivity contribution in [2.24, 2.45) is 5.41 Å². The third-order valence-electron chi connectivity index (χ3n) is 0.523. The highest BCUT2D eigenvalue weighted by atomic mass is 32.2. The van der Waals surface area contributed by atoms with Crippen LogP contribution in [0.5, 0.6) is 0 Å². The van der Waals surface area contributed by atoms with Gasteiger partial charge in [0.05, 0.1) is 0 Å². The predicted octanol–water partition coefficient (Wildman–Crippen LogP) is 2.21.